The lowest BCUT2D eigenvalue weighted by molar-refractivity contribution is 0.0434. The zero-order valence-electron chi connectivity index (χ0n) is 23.6. The van der Waals surface area contributed by atoms with E-state index in [-0.39, 0.29) is 11.9 Å². The molecule has 1 aromatic heterocycles. The van der Waals surface area contributed by atoms with E-state index in [0.717, 1.165) is 57.0 Å². The third-order valence-electron chi connectivity index (χ3n) is 7.61. The molecule has 0 saturated carbocycles. The van der Waals surface area contributed by atoms with Crippen LogP contribution in [-0.2, 0) is 4.74 Å². The summed E-state index contributed by atoms with van der Waals surface area (Å²) in [5, 5.41) is 4.72. The van der Waals surface area contributed by atoms with E-state index < -0.39 is 6.35 Å². The number of aromatic nitrogens is 2. The second-order valence-electron chi connectivity index (χ2n) is 10.0. The number of carbonyl (C=O) groups excluding carboxylic acids is 1. The van der Waals surface area contributed by atoms with Crippen molar-refractivity contribution in [2.75, 3.05) is 31.1 Å². The van der Waals surface area contributed by atoms with Crippen LogP contribution < -0.4 is 16.1 Å². The van der Waals surface area contributed by atoms with Crippen LogP contribution in [0.1, 0.15) is 68.7 Å². The Morgan fingerprint density at radius 3 is 2.46 bits per heavy atom. The van der Waals surface area contributed by atoms with Gasteiger partial charge < -0.3 is 14.5 Å². The van der Waals surface area contributed by atoms with E-state index in [4.69, 9.17) is 32.0 Å². The van der Waals surface area contributed by atoms with E-state index in [1.807, 2.05) is 37.8 Å². The van der Waals surface area contributed by atoms with Crippen molar-refractivity contribution in [1.29, 1.82) is 0 Å². The molecule has 2 saturated heterocycles. The molecule has 3 atom stereocenters. The van der Waals surface area contributed by atoms with E-state index in [1.165, 1.54) is 0 Å². The minimum atomic E-state index is -0.655. The number of nitrogens with two attached hydrogens (primary N) is 1. The fourth-order valence-electron chi connectivity index (χ4n) is 5.62. The number of likely N-dealkylation sites (tertiary alicyclic amines) is 1. The summed E-state index contributed by atoms with van der Waals surface area (Å²) in [6, 6.07) is 8.32. The van der Waals surface area contributed by atoms with Crippen molar-refractivity contribution in [2.45, 2.75) is 78.4 Å². The number of piperidine rings is 1. The Morgan fingerprint density at radius 2 is 1.87 bits per heavy atom. The third-order valence-corrected chi connectivity index (χ3v) is 7.86. The number of hydrazone groups is 1. The SMILES string of the molecule is CC.CCC1CN(c2ncc(C3=NNC(N)O3)nc2C)[C@H](C)CN1C1CCN(C(=O)c2ccc(Cl)cc2)CC1. The molecule has 0 bridgehead atoms. The number of benzene rings is 1. The number of amides is 1. The predicted molar refractivity (Wildman–Crippen MR) is 155 cm³/mol. The number of anilines is 1. The summed E-state index contributed by atoms with van der Waals surface area (Å²) in [6.45, 7) is 13.9. The molecular formula is C28H41ClN8O2. The van der Waals surface area contributed by atoms with Gasteiger partial charge in [-0.25, -0.2) is 9.97 Å². The van der Waals surface area contributed by atoms with Gasteiger partial charge in [-0.05, 0) is 57.4 Å². The summed E-state index contributed by atoms with van der Waals surface area (Å²) < 4.78 is 5.44. The Kier molecular flexibility index (Phi) is 9.63. The highest BCUT2D eigenvalue weighted by Crippen LogP contribution is 2.30. The maximum Gasteiger partial charge on any atom is 0.261 e. The van der Waals surface area contributed by atoms with Gasteiger partial charge in [0.2, 0.25) is 6.35 Å². The van der Waals surface area contributed by atoms with Gasteiger partial charge in [0.15, 0.2) is 0 Å². The molecule has 3 aliphatic rings. The lowest BCUT2D eigenvalue weighted by Crippen LogP contribution is -2.62. The molecule has 0 radical (unpaired) electrons. The fraction of sp³-hybridized carbons (Fsp3) is 0.571. The number of halogens is 1. The number of rotatable bonds is 5. The number of ether oxygens (including phenoxy) is 1. The van der Waals surface area contributed by atoms with Crippen molar-refractivity contribution >= 4 is 29.2 Å². The van der Waals surface area contributed by atoms with Gasteiger partial charge in [0, 0.05) is 54.9 Å². The molecule has 5 rings (SSSR count). The molecule has 2 unspecified atom stereocenters. The highest BCUT2D eigenvalue weighted by atomic mass is 35.5. The Labute approximate surface area is 236 Å². The molecule has 2 aromatic rings. The number of aryl methyl sites for hydroxylation is 1. The van der Waals surface area contributed by atoms with Crippen LogP contribution in [0.2, 0.25) is 5.02 Å². The average molecular weight is 557 g/mol. The molecule has 3 N–H and O–H groups in total. The van der Waals surface area contributed by atoms with E-state index in [1.54, 1.807) is 18.3 Å². The maximum absolute atomic E-state index is 12.9. The monoisotopic (exact) mass is 556 g/mol. The first-order valence-electron chi connectivity index (χ1n) is 14.0. The van der Waals surface area contributed by atoms with Crippen LogP contribution >= 0.6 is 11.6 Å². The largest absolute Gasteiger partial charge is 0.436 e. The maximum atomic E-state index is 12.9. The Hall–Kier alpha value is -2.95. The van der Waals surface area contributed by atoms with Crippen molar-refractivity contribution in [3.63, 3.8) is 0 Å². The highest BCUT2D eigenvalue weighted by molar-refractivity contribution is 6.30. The molecule has 0 aliphatic carbocycles. The lowest BCUT2D eigenvalue weighted by Gasteiger charge is -2.50. The molecule has 1 aromatic carbocycles. The minimum Gasteiger partial charge on any atom is -0.436 e. The van der Waals surface area contributed by atoms with Crippen LogP contribution in [0.15, 0.2) is 35.6 Å². The highest BCUT2D eigenvalue weighted by Gasteiger charge is 2.37. The van der Waals surface area contributed by atoms with Crippen molar-refractivity contribution in [2.24, 2.45) is 10.8 Å². The second-order valence-corrected chi connectivity index (χ2v) is 10.5. The summed E-state index contributed by atoms with van der Waals surface area (Å²) in [5.41, 5.74) is 10.5. The van der Waals surface area contributed by atoms with E-state index in [0.29, 0.717) is 34.3 Å². The normalized spacial score (nSPS) is 23.9. The molecule has 1 amide bonds. The number of piperazine rings is 1. The summed E-state index contributed by atoms with van der Waals surface area (Å²) in [5.74, 6) is 1.35. The van der Waals surface area contributed by atoms with Gasteiger partial charge in [0.05, 0.1) is 11.9 Å². The molecule has 4 heterocycles. The van der Waals surface area contributed by atoms with Crippen LogP contribution in [0, 0.1) is 6.92 Å². The van der Waals surface area contributed by atoms with Crippen molar-refractivity contribution < 1.29 is 9.53 Å². The first-order valence-corrected chi connectivity index (χ1v) is 14.4. The van der Waals surface area contributed by atoms with Crippen molar-refractivity contribution in [3.05, 3.63) is 52.4 Å². The van der Waals surface area contributed by atoms with Crippen LogP contribution in [0.3, 0.4) is 0 Å². The number of nitrogens with one attached hydrogen (secondary N) is 1. The van der Waals surface area contributed by atoms with E-state index in [2.05, 4.69) is 34.2 Å². The van der Waals surface area contributed by atoms with Gasteiger partial charge in [-0.15, -0.1) is 5.10 Å². The topological polar surface area (TPSA) is 112 Å². The molecule has 11 heteroatoms. The lowest BCUT2D eigenvalue weighted by atomic mass is 9.96. The molecule has 10 nitrogen and oxygen atoms in total. The second kappa shape index (κ2) is 12.9. The van der Waals surface area contributed by atoms with Gasteiger partial charge >= 0.3 is 0 Å². The van der Waals surface area contributed by atoms with Gasteiger partial charge in [0.25, 0.3) is 11.8 Å². The standard InChI is InChI=1S/C26H35ClN8O2.C2H6/c1-4-20-15-34(23-17(3)30-22(13-29-23)24-31-32-26(28)37-24)16(2)14-35(20)21-9-11-33(12-10-21)25(36)18-5-7-19(27)8-6-18;1-2/h5-8,13,16,20-21,26,32H,4,9-12,14-15,28H2,1-3H3;1-2H3/t16-,20?,26?;/m1./s1. The molecule has 0 spiro atoms. The van der Waals surface area contributed by atoms with Gasteiger partial charge in [-0.2, -0.15) is 0 Å². The summed E-state index contributed by atoms with van der Waals surface area (Å²) in [4.78, 5) is 29.4. The molecular weight excluding hydrogens is 516 g/mol. The number of hydrogen-bond donors (Lipinski definition) is 2. The minimum absolute atomic E-state index is 0.0876. The summed E-state index contributed by atoms with van der Waals surface area (Å²) >= 11 is 5.99. The Bertz CT molecular complexity index is 1150. The summed E-state index contributed by atoms with van der Waals surface area (Å²) in [6.07, 6.45) is 4.06. The van der Waals surface area contributed by atoms with Crippen molar-refractivity contribution in [3.8, 4) is 0 Å². The number of nitrogens with zero attached hydrogens (tertiary/aromatic N) is 6. The van der Waals surface area contributed by atoms with Gasteiger partial charge in [-0.3, -0.25) is 20.9 Å². The summed E-state index contributed by atoms with van der Waals surface area (Å²) in [7, 11) is 0. The molecule has 2 fully saturated rings. The number of carbonyl (C=O) groups is 1. The molecule has 39 heavy (non-hydrogen) atoms. The van der Waals surface area contributed by atoms with Gasteiger partial charge in [0.1, 0.15) is 11.5 Å². The van der Waals surface area contributed by atoms with Gasteiger partial charge in [-0.1, -0.05) is 32.4 Å². The first kappa shape index (κ1) is 29.0. The van der Waals surface area contributed by atoms with E-state index >= 15 is 0 Å². The van der Waals surface area contributed by atoms with E-state index in [9.17, 15) is 4.79 Å². The Morgan fingerprint density at radius 1 is 1.18 bits per heavy atom. The average Bonchev–Trinajstić information content (AvgIpc) is 3.40. The molecule has 212 valence electrons. The fourth-order valence-corrected chi connectivity index (χ4v) is 5.75. The smallest absolute Gasteiger partial charge is 0.261 e. The quantitative estimate of drug-likeness (QED) is 0.575. The molecule has 3 aliphatic heterocycles. The van der Waals surface area contributed by atoms with Crippen LogP contribution in [0.25, 0.3) is 0 Å². The van der Waals surface area contributed by atoms with Crippen LogP contribution in [0.5, 0.6) is 0 Å². The first-order chi connectivity index (χ1) is 18.8. The van der Waals surface area contributed by atoms with Crippen LogP contribution in [-0.4, -0.2) is 82.2 Å². The third kappa shape index (κ3) is 6.45. The number of hydrogen-bond acceptors (Lipinski definition) is 9. The Balaban J connectivity index is 0.00000172. The predicted octanol–water partition coefficient (Wildman–Crippen LogP) is 3.58. The zero-order valence-corrected chi connectivity index (χ0v) is 24.4. The zero-order chi connectivity index (χ0) is 28.1. The van der Waals surface area contributed by atoms with Crippen LogP contribution in [0.4, 0.5) is 5.82 Å². The van der Waals surface area contributed by atoms with Crippen molar-refractivity contribution in [1.82, 2.24) is 25.2 Å².